The molecule has 0 atom stereocenters. The molecule has 0 amide bonds. The zero-order chi connectivity index (χ0) is 15.6. The highest BCUT2D eigenvalue weighted by molar-refractivity contribution is 7.99. The molecule has 0 spiro atoms. The smallest absolute Gasteiger partial charge is 0.416 e. The van der Waals surface area contributed by atoms with Gasteiger partial charge in [-0.2, -0.15) is 13.2 Å². The third-order valence-corrected chi connectivity index (χ3v) is 3.30. The molecule has 1 aromatic heterocycles. The van der Waals surface area contributed by atoms with Gasteiger partial charge in [-0.1, -0.05) is 11.8 Å². The molecule has 0 fully saturated rings. The number of hydrogen-bond donors (Lipinski definition) is 1. The first-order valence-corrected chi connectivity index (χ1v) is 6.39. The molecule has 2 aromatic rings. The summed E-state index contributed by atoms with van der Waals surface area (Å²) in [6.45, 7) is 0. The minimum Gasteiger partial charge on any atom is -0.481 e. The molecule has 0 bridgehead atoms. The van der Waals surface area contributed by atoms with Crippen LogP contribution in [-0.2, 0) is 11.0 Å². The Labute approximate surface area is 119 Å². The van der Waals surface area contributed by atoms with E-state index in [1.54, 1.807) is 0 Å². The summed E-state index contributed by atoms with van der Waals surface area (Å²) >= 11 is 0.721. The van der Waals surface area contributed by atoms with E-state index in [1.165, 1.54) is 0 Å². The summed E-state index contributed by atoms with van der Waals surface area (Å²) in [7, 11) is 0. The third-order valence-electron chi connectivity index (χ3n) is 2.37. The van der Waals surface area contributed by atoms with Crippen LogP contribution in [0.2, 0.25) is 0 Å². The van der Waals surface area contributed by atoms with Crippen LogP contribution in [0, 0.1) is 5.82 Å². The van der Waals surface area contributed by atoms with Crippen molar-refractivity contribution in [2.24, 2.45) is 0 Å². The zero-order valence-electron chi connectivity index (χ0n) is 10.1. The summed E-state index contributed by atoms with van der Waals surface area (Å²) in [5.74, 6) is -2.42. The van der Waals surface area contributed by atoms with E-state index in [1.807, 2.05) is 0 Å². The maximum atomic E-state index is 13.7. The van der Waals surface area contributed by atoms with Gasteiger partial charge in [0.25, 0.3) is 0 Å². The van der Waals surface area contributed by atoms with Gasteiger partial charge in [-0.05, 0) is 18.2 Å². The third kappa shape index (κ3) is 3.51. The van der Waals surface area contributed by atoms with Gasteiger partial charge in [0.1, 0.15) is 12.1 Å². The Balaban J connectivity index is 2.42. The fourth-order valence-electron chi connectivity index (χ4n) is 1.49. The molecule has 1 N–H and O–H groups in total. The molecular weight excluding hydrogens is 314 g/mol. The number of halogens is 4. The van der Waals surface area contributed by atoms with Gasteiger partial charge in [0.2, 0.25) is 0 Å². The summed E-state index contributed by atoms with van der Waals surface area (Å²) in [4.78, 5) is 10.5. The second-order valence-electron chi connectivity index (χ2n) is 3.83. The standard InChI is InChI=1S/C11H7F4N3O2S/c12-7-2-1-6(11(13,14)15)3-8(7)18-5-16-17-10(18)21-4-9(19)20/h1-3,5H,4H2,(H,19,20). The average molecular weight is 321 g/mol. The van der Waals surface area contributed by atoms with Crippen molar-refractivity contribution in [1.29, 1.82) is 0 Å². The van der Waals surface area contributed by atoms with E-state index >= 15 is 0 Å². The van der Waals surface area contributed by atoms with Gasteiger partial charge in [0.15, 0.2) is 5.16 Å². The second kappa shape index (κ2) is 5.72. The Morgan fingerprint density at radius 1 is 1.38 bits per heavy atom. The number of aliphatic carboxylic acids is 1. The Morgan fingerprint density at radius 3 is 2.71 bits per heavy atom. The van der Waals surface area contributed by atoms with Crippen molar-refractivity contribution in [2.75, 3.05) is 5.75 Å². The van der Waals surface area contributed by atoms with Crippen LogP contribution in [0.3, 0.4) is 0 Å². The summed E-state index contributed by atoms with van der Waals surface area (Å²) in [6, 6.07) is 1.92. The molecule has 0 aliphatic heterocycles. The molecule has 0 saturated carbocycles. The Bertz CT molecular complexity index is 672. The van der Waals surface area contributed by atoms with Crippen LogP contribution in [-0.4, -0.2) is 31.6 Å². The molecule has 0 aliphatic rings. The minimum absolute atomic E-state index is 0.0179. The summed E-state index contributed by atoms with van der Waals surface area (Å²) in [6.07, 6.45) is -3.60. The van der Waals surface area contributed by atoms with Crippen LogP contribution in [0.15, 0.2) is 29.7 Å². The zero-order valence-corrected chi connectivity index (χ0v) is 11.0. The molecule has 0 unspecified atom stereocenters. The van der Waals surface area contributed by atoms with Gasteiger partial charge in [-0.25, -0.2) is 4.39 Å². The van der Waals surface area contributed by atoms with Gasteiger partial charge in [0, 0.05) is 0 Å². The molecule has 112 valence electrons. The number of benzene rings is 1. The van der Waals surface area contributed by atoms with Gasteiger partial charge >= 0.3 is 12.1 Å². The number of carbonyl (C=O) groups is 1. The van der Waals surface area contributed by atoms with Crippen molar-refractivity contribution in [2.45, 2.75) is 11.3 Å². The summed E-state index contributed by atoms with van der Waals surface area (Å²) < 4.78 is 52.7. The molecule has 10 heteroatoms. The van der Waals surface area contributed by atoms with Crippen LogP contribution in [0.25, 0.3) is 5.69 Å². The van der Waals surface area contributed by atoms with Crippen molar-refractivity contribution in [3.8, 4) is 5.69 Å². The molecule has 1 heterocycles. The lowest BCUT2D eigenvalue weighted by Crippen LogP contribution is -2.08. The van der Waals surface area contributed by atoms with Gasteiger partial charge in [0.05, 0.1) is 17.0 Å². The van der Waals surface area contributed by atoms with Gasteiger partial charge < -0.3 is 5.11 Å². The van der Waals surface area contributed by atoms with E-state index in [2.05, 4.69) is 10.2 Å². The quantitative estimate of drug-likeness (QED) is 0.692. The lowest BCUT2D eigenvalue weighted by molar-refractivity contribution is -0.137. The van der Waals surface area contributed by atoms with Crippen molar-refractivity contribution >= 4 is 17.7 Å². The van der Waals surface area contributed by atoms with Crippen molar-refractivity contribution < 1.29 is 27.5 Å². The van der Waals surface area contributed by atoms with Gasteiger partial charge in [-0.3, -0.25) is 9.36 Å². The maximum Gasteiger partial charge on any atom is 0.416 e. The highest BCUT2D eigenvalue weighted by atomic mass is 32.2. The van der Waals surface area contributed by atoms with Gasteiger partial charge in [-0.15, -0.1) is 10.2 Å². The predicted octanol–water partition coefficient (Wildman–Crippen LogP) is 2.60. The first-order chi connectivity index (χ1) is 9.79. The first kappa shape index (κ1) is 15.3. The van der Waals surface area contributed by atoms with Crippen molar-refractivity contribution in [3.05, 3.63) is 35.9 Å². The fraction of sp³-hybridized carbons (Fsp3) is 0.182. The average Bonchev–Trinajstić information content (AvgIpc) is 2.83. The highest BCUT2D eigenvalue weighted by Crippen LogP contribution is 2.32. The Hall–Kier alpha value is -2.10. The molecule has 1 aromatic carbocycles. The number of carboxylic acids is 1. The maximum absolute atomic E-state index is 13.7. The van der Waals surface area contributed by atoms with E-state index < -0.39 is 29.2 Å². The Morgan fingerprint density at radius 2 is 2.10 bits per heavy atom. The number of rotatable bonds is 4. The van der Waals surface area contributed by atoms with Crippen LogP contribution in [0.5, 0.6) is 0 Å². The van der Waals surface area contributed by atoms with Crippen LogP contribution < -0.4 is 0 Å². The van der Waals surface area contributed by atoms with E-state index in [0.717, 1.165) is 22.7 Å². The highest BCUT2D eigenvalue weighted by Gasteiger charge is 2.31. The van der Waals surface area contributed by atoms with Crippen molar-refractivity contribution in [1.82, 2.24) is 14.8 Å². The number of alkyl halides is 3. The van der Waals surface area contributed by atoms with E-state index in [-0.39, 0.29) is 10.9 Å². The normalized spacial score (nSPS) is 11.6. The van der Waals surface area contributed by atoms with E-state index in [4.69, 9.17) is 5.11 Å². The molecule has 0 aliphatic carbocycles. The fourth-order valence-corrected chi connectivity index (χ4v) is 2.13. The first-order valence-electron chi connectivity index (χ1n) is 5.41. The van der Waals surface area contributed by atoms with Crippen LogP contribution in [0.1, 0.15) is 5.56 Å². The summed E-state index contributed by atoms with van der Waals surface area (Å²) in [5, 5.41) is 15.6. The second-order valence-corrected chi connectivity index (χ2v) is 4.77. The largest absolute Gasteiger partial charge is 0.481 e. The molecular formula is C11H7F4N3O2S. The molecule has 0 saturated heterocycles. The minimum atomic E-state index is -4.62. The van der Waals surface area contributed by atoms with Crippen molar-refractivity contribution in [3.63, 3.8) is 0 Å². The Kier molecular flexibility index (Phi) is 4.16. The molecule has 0 radical (unpaired) electrons. The lowest BCUT2D eigenvalue weighted by Gasteiger charge is -2.11. The van der Waals surface area contributed by atoms with Crippen LogP contribution in [0.4, 0.5) is 17.6 Å². The van der Waals surface area contributed by atoms with Crippen LogP contribution >= 0.6 is 11.8 Å². The number of thioether (sulfide) groups is 1. The molecule has 21 heavy (non-hydrogen) atoms. The monoisotopic (exact) mass is 321 g/mol. The molecule has 2 rings (SSSR count). The molecule has 5 nitrogen and oxygen atoms in total. The number of nitrogens with zero attached hydrogens (tertiary/aromatic N) is 3. The lowest BCUT2D eigenvalue weighted by atomic mass is 10.2. The van der Waals surface area contributed by atoms with E-state index in [9.17, 15) is 22.4 Å². The SMILES string of the molecule is O=C(O)CSc1nncn1-c1cc(C(F)(F)F)ccc1F. The number of aromatic nitrogens is 3. The number of hydrogen-bond acceptors (Lipinski definition) is 4. The summed E-state index contributed by atoms with van der Waals surface area (Å²) in [5.41, 5.74) is -1.43. The number of carboxylic acid groups (broad SMARTS) is 1. The topological polar surface area (TPSA) is 68.0 Å². The van der Waals surface area contributed by atoms with E-state index in [0.29, 0.717) is 18.2 Å². The predicted molar refractivity (Wildman–Crippen MR) is 64.7 cm³/mol.